The Labute approximate surface area is 251 Å². The quantitative estimate of drug-likeness (QED) is 0.227. The Balaban J connectivity index is 1.70. The second-order valence-corrected chi connectivity index (χ2v) is 11.0. The average molecular weight is 633 g/mol. The second kappa shape index (κ2) is 12.2. The Bertz CT molecular complexity index is 1850. The number of fused-ring (bicyclic) bond motifs is 1. The zero-order valence-corrected chi connectivity index (χ0v) is 24.2. The van der Waals surface area contributed by atoms with Crippen LogP contribution in [-0.2, 0) is 16.1 Å². The minimum atomic E-state index is -5.01. The number of hydrogen-bond donors (Lipinski definition) is 0. The summed E-state index contributed by atoms with van der Waals surface area (Å²) in [5.74, 6) is -0.819. The molecule has 0 aliphatic carbocycles. The summed E-state index contributed by atoms with van der Waals surface area (Å²) in [6.07, 6.45) is -3.52. The SMILES string of the molecule is CCOC(=O)C1=C(C(F)(F)F)N=c2s/c(=C\c3cc(Cl)ccc3OCc3ccccc3)c(=O)n2[C@H]1c1ccc(Cl)cc1. The zero-order chi connectivity index (χ0) is 30.0. The molecule has 1 aromatic heterocycles. The van der Waals surface area contributed by atoms with E-state index in [9.17, 15) is 22.8 Å². The van der Waals surface area contributed by atoms with E-state index in [1.807, 2.05) is 30.3 Å². The molecular weight excluding hydrogens is 612 g/mol. The van der Waals surface area contributed by atoms with E-state index in [1.165, 1.54) is 37.3 Å². The predicted octanol–water partition coefficient (Wildman–Crippen LogP) is 6.23. The number of allylic oxidation sites excluding steroid dienone is 1. The number of aromatic nitrogens is 1. The molecule has 0 amide bonds. The first-order valence-corrected chi connectivity index (χ1v) is 14.2. The Morgan fingerprint density at radius 3 is 2.40 bits per heavy atom. The van der Waals surface area contributed by atoms with Crippen molar-refractivity contribution in [2.24, 2.45) is 4.99 Å². The van der Waals surface area contributed by atoms with E-state index in [0.29, 0.717) is 21.4 Å². The molecule has 5 rings (SSSR count). The fraction of sp³-hybridized carbons (Fsp3) is 0.167. The molecule has 4 aromatic rings. The maximum Gasteiger partial charge on any atom is 0.434 e. The van der Waals surface area contributed by atoms with Crippen molar-refractivity contribution in [3.63, 3.8) is 0 Å². The Kier molecular flexibility index (Phi) is 8.58. The van der Waals surface area contributed by atoms with Gasteiger partial charge >= 0.3 is 12.1 Å². The molecule has 0 N–H and O–H groups in total. The highest BCUT2D eigenvalue weighted by Gasteiger charge is 2.45. The maximum absolute atomic E-state index is 14.3. The van der Waals surface area contributed by atoms with Crippen LogP contribution in [0.25, 0.3) is 6.08 Å². The third-order valence-corrected chi connectivity index (χ3v) is 7.75. The molecule has 1 aliphatic heterocycles. The van der Waals surface area contributed by atoms with Gasteiger partial charge in [0.25, 0.3) is 5.56 Å². The van der Waals surface area contributed by atoms with Crippen molar-refractivity contribution in [3.8, 4) is 5.75 Å². The van der Waals surface area contributed by atoms with Gasteiger partial charge in [0.15, 0.2) is 10.5 Å². The number of hydrogen-bond acceptors (Lipinski definition) is 6. The third-order valence-electron chi connectivity index (χ3n) is 6.28. The van der Waals surface area contributed by atoms with Crippen molar-refractivity contribution < 1.29 is 27.4 Å². The van der Waals surface area contributed by atoms with Crippen LogP contribution in [0.1, 0.15) is 29.7 Å². The number of benzene rings is 3. The van der Waals surface area contributed by atoms with Crippen LogP contribution in [0.3, 0.4) is 0 Å². The number of nitrogens with zero attached hydrogens (tertiary/aromatic N) is 2. The van der Waals surface area contributed by atoms with Gasteiger partial charge in [-0.15, -0.1) is 0 Å². The molecule has 0 saturated carbocycles. The Hall–Kier alpha value is -3.86. The van der Waals surface area contributed by atoms with Gasteiger partial charge in [0.2, 0.25) is 0 Å². The molecule has 0 saturated heterocycles. The molecular formula is C30H21Cl2F3N2O4S. The van der Waals surface area contributed by atoms with Crippen molar-refractivity contribution in [3.05, 3.63) is 130 Å². The van der Waals surface area contributed by atoms with Crippen molar-refractivity contribution in [1.82, 2.24) is 4.57 Å². The summed E-state index contributed by atoms with van der Waals surface area (Å²) in [5.41, 5.74) is -1.31. The minimum absolute atomic E-state index is 0.0613. The van der Waals surface area contributed by atoms with Crippen LogP contribution >= 0.6 is 34.5 Å². The van der Waals surface area contributed by atoms with Crippen molar-refractivity contribution in [1.29, 1.82) is 0 Å². The molecule has 0 bridgehead atoms. The van der Waals surface area contributed by atoms with Crippen LogP contribution in [0.15, 0.2) is 93.9 Å². The standard InChI is InChI=1S/C30H21Cl2F3N2O4S/c1-2-40-28(39)24-25(18-8-10-20(31)11-9-18)37-27(38)23(42-29(37)36-26(24)30(33,34)35)15-19-14-21(32)12-13-22(19)41-16-17-6-4-3-5-7-17/h3-15,25H,2,16H2,1H3/b23-15-/t25-/m0/s1. The number of ether oxygens (including phenoxy) is 2. The Morgan fingerprint density at radius 1 is 1.05 bits per heavy atom. The van der Waals surface area contributed by atoms with Crippen LogP contribution in [0.4, 0.5) is 13.2 Å². The second-order valence-electron chi connectivity index (χ2n) is 9.07. The number of thiazole rings is 1. The highest BCUT2D eigenvalue weighted by molar-refractivity contribution is 7.07. The maximum atomic E-state index is 14.3. The molecule has 42 heavy (non-hydrogen) atoms. The van der Waals surface area contributed by atoms with Crippen LogP contribution < -0.4 is 19.6 Å². The monoisotopic (exact) mass is 632 g/mol. The van der Waals surface area contributed by atoms with E-state index < -0.39 is 35.0 Å². The van der Waals surface area contributed by atoms with Gasteiger partial charge in [-0.25, -0.2) is 9.79 Å². The first kappa shape index (κ1) is 29.6. The smallest absolute Gasteiger partial charge is 0.434 e. The van der Waals surface area contributed by atoms with E-state index in [2.05, 4.69) is 4.99 Å². The van der Waals surface area contributed by atoms with Crippen molar-refractivity contribution >= 4 is 46.6 Å². The third kappa shape index (κ3) is 6.16. The summed E-state index contributed by atoms with van der Waals surface area (Å²) in [7, 11) is 0. The fourth-order valence-corrected chi connectivity index (χ4v) is 5.74. The van der Waals surface area contributed by atoms with Crippen LogP contribution in [0.5, 0.6) is 5.75 Å². The van der Waals surface area contributed by atoms with E-state index in [4.69, 9.17) is 32.7 Å². The van der Waals surface area contributed by atoms with E-state index in [0.717, 1.165) is 21.5 Å². The highest BCUT2D eigenvalue weighted by atomic mass is 35.5. The van der Waals surface area contributed by atoms with Crippen molar-refractivity contribution in [2.45, 2.75) is 25.7 Å². The summed E-state index contributed by atoms with van der Waals surface area (Å²) < 4.78 is 55.0. The lowest BCUT2D eigenvalue weighted by Crippen LogP contribution is -2.41. The summed E-state index contributed by atoms with van der Waals surface area (Å²) in [6.45, 7) is 1.53. The molecule has 1 aliphatic rings. The average Bonchev–Trinajstić information content (AvgIpc) is 3.27. The lowest BCUT2D eigenvalue weighted by molar-refractivity contribution is -0.140. The summed E-state index contributed by atoms with van der Waals surface area (Å²) in [4.78, 5) is 30.4. The lowest BCUT2D eigenvalue weighted by Gasteiger charge is -2.26. The first-order valence-electron chi connectivity index (χ1n) is 12.6. The number of alkyl halides is 3. The van der Waals surface area contributed by atoms with E-state index >= 15 is 0 Å². The molecule has 0 radical (unpaired) electrons. The summed E-state index contributed by atoms with van der Waals surface area (Å²) >= 11 is 13.0. The molecule has 1 atom stereocenters. The van der Waals surface area contributed by atoms with Crippen LogP contribution in [0, 0.1) is 0 Å². The van der Waals surface area contributed by atoms with Crippen LogP contribution in [-0.4, -0.2) is 23.3 Å². The zero-order valence-electron chi connectivity index (χ0n) is 21.8. The van der Waals surface area contributed by atoms with Gasteiger partial charge in [-0.05, 0) is 54.5 Å². The molecule has 0 spiro atoms. The van der Waals surface area contributed by atoms with Gasteiger partial charge in [-0.2, -0.15) is 13.2 Å². The molecule has 12 heteroatoms. The molecule has 0 unspecified atom stereocenters. The molecule has 0 fully saturated rings. The number of halogens is 5. The lowest BCUT2D eigenvalue weighted by atomic mass is 9.95. The van der Waals surface area contributed by atoms with Gasteiger partial charge in [-0.1, -0.05) is 77.0 Å². The minimum Gasteiger partial charge on any atom is -0.488 e. The predicted molar refractivity (Wildman–Crippen MR) is 154 cm³/mol. The van der Waals surface area contributed by atoms with Gasteiger partial charge in [-0.3, -0.25) is 9.36 Å². The normalized spacial score (nSPS) is 15.3. The van der Waals surface area contributed by atoms with Gasteiger partial charge in [0, 0.05) is 15.6 Å². The first-order chi connectivity index (χ1) is 20.1. The summed E-state index contributed by atoms with van der Waals surface area (Å²) in [5, 5.41) is 0.692. The van der Waals surface area contributed by atoms with Gasteiger partial charge in [0.05, 0.1) is 22.8 Å². The fourth-order valence-electron chi connectivity index (χ4n) is 4.44. The Morgan fingerprint density at radius 2 is 1.74 bits per heavy atom. The molecule has 3 aromatic carbocycles. The van der Waals surface area contributed by atoms with Gasteiger partial charge in [0.1, 0.15) is 12.4 Å². The van der Waals surface area contributed by atoms with Crippen molar-refractivity contribution in [2.75, 3.05) is 6.61 Å². The molecule has 216 valence electrons. The topological polar surface area (TPSA) is 69.9 Å². The highest BCUT2D eigenvalue weighted by Crippen LogP contribution is 2.38. The molecule has 6 nitrogen and oxygen atoms in total. The van der Waals surface area contributed by atoms with E-state index in [-0.39, 0.29) is 28.1 Å². The number of carbonyl (C=O) groups is 1. The summed E-state index contributed by atoms with van der Waals surface area (Å²) in [6, 6.07) is 18.6. The number of esters is 1. The van der Waals surface area contributed by atoms with Gasteiger partial charge < -0.3 is 9.47 Å². The number of carbonyl (C=O) groups excluding carboxylic acids is 1. The largest absolute Gasteiger partial charge is 0.488 e. The number of rotatable bonds is 7. The van der Waals surface area contributed by atoms with Crippen LogP contribution in [0.2, 0.25) is 10.0 Å². The molecule has 2 heterocycles. The van der Waals surface area contributed by atoms with E-state index in [1.54, 1.807) is 18.2 Å².